The molecule has 0 atom stereocenters. The number of aliphatic imine (C=N–C) groups is 1. The van der Waals surface area contributed by atoms with E-state index in [1.807, 2.05) is 9.97 Å². The van der Waals surface area contributed by atoms with Gasteiger partial charge in [-0.3, -0.25) is 19.7 Å². The maximum Gasteiger partial charge on any atom is 0.328 e. The van der Waals surface area contributed by atoms with Gasteiger partial charge in [0.15, 0.2) is 5.82 Å². The first-order chi connectivity index (χ1) is 8.16. The van der Waals surface area contributed by atoms with Gasteiger partial charge in [0, 0.05) is 18.6 Å². The molecule has 0 saturated carbocycles. The van der Waals surface area contributed by atoms with Crippen LogP contribution in [-0.2, 0) is 0 Å². The summed E-state index contributed by atoms with van der Waals surface area (Å²) in [5, 5.41) is 9.35. The lowest BCUT2D eigenvalue weighted by molar-refractivity contribution is 0.447. The third kappa shape index (κ3) is 2.43. The lowest BCUT2D eigenvalue weighted by atomic mass is 10.3. The molecule has 8 nitrogen and oxygen atoms in total. The number of aromatic amines is 2. The monoisotopic (exact) mass is 233 g/mol. The van der Waals surface area contributed by atoms with Crippen LogP contribution < -0.4 is 11.2 Å². The predicted molar refractivity (Wildman–Crippen MR) is 58.6 cm³/mol. The highest BCUT2D eigenvalue weighted by Crippen LogP contribution is 2.05. The van der Waals surface area contributed by atoms with E-state index in [1.54, 1.807) is 0 Å². The van der Waals surface area contributed by atoms with Gasteiger partial charge in [-0.05, 0) is 0 Å². The van der Waals surface area contributed by atoms with Crippen LogP contribution in [0.1, 0.15) is 5.56 Å². The van der Waals surface area contributed by atoms with E-state index in [1.165, 1.54) is 18.6 Å². The third-order valence-corrected chi connectivity index (χ3v) is 1.83. The van der Waals surface area contributed by atoms with Crippen molar-refractivity contribution < 1.29 is 5.11 Å². The summed E-state index contributed by atoms with van der Waals surface area (Å²) in [7, 11) is 0. The van der Waals surface area contributed by atoms with E-state index in [0.29, 0.717) is 0 Å². The van der Waals surface area contributed by atoms with Gasteiger partial charge in [-0.2, -0.15) is 0 Å². The third-order valence-electron chi connectivity index (χ3n) is 1.83. The second kappa shape index (κ2) is 4.39. The Morgan fingerprint density at radius 2 is 2.12 bits per heavy atom. The molecule has 0 fully saturated rings. The summed E-state index contributed by atoms with van der Waals surface area (Å²) >= 11 is 0. The second-order valence-corrected chi connectivity index (χ2v) is 2.99. The van der Waals surface area contributed by atoms with Crippen LogP contribution in [0.5, 0.6) is 5.88 Å². The number of H-pyrrole nitrogens is 2. The summed E-state index contributed by atoms with van der Waals surface area (Å²) < 4.78 is 0. The number of nitrogens with zero attached hydrogens (tertiary/aromatic N) is 3. The Kier molecular flexibility index (Phi) is 2.77. The number of nitrogens with one attached hydrogen (secondary N) is 2. The van der Waals surface area contributed by atoms with Crippen LogP contribution in [0.2, 0.25) is 0 Å². The van der Waals surface area contributed by atoms with Crippen molar-refractivity contribution in [1.82, 2.24) is 19.9 Å². The number of hydrogen-bond donors (Lipinski definition) is 3. The summed E-state index contributed by atoms with van der Waals surface area (Å²) in [6, 6.07) is 0. The fourth-order valence-electron chi connectivity index (χ4n) is 1.09. The molecule has 0 amide bonds. The lowest BCUT2D eigenvalue weighted by Gasteiger charge is -1.95. The molecule has 0 bridgehead atoms. The molecule has 0 radical (unpaired) electrons. The Balaban J connectivity index is 2.41. The van der Waals surface area contributed by atoms with Crippen molar-refractivity contribution in [3.63, 3.8) is 0 Å². The van der Waals surface area contributed by atoms with Gasteiger partial charge in [0.2, 0.25) is 5.88 Å². The molecule has 86 valence electrons. The van der Waals surface area contributed by atoms with Crippen molar-refractivity contribution in [2.75, 3.05) is 0 Å². The minimum atomic E-state index is -0.788. The zero-order chi connectivity index (χ0) is 12.3. The predicted octanol–water partition coefficient (Wildman–Crippen LogP) is -0.691. The summed E-state index contributed by atoms with van der Waals surface area (Å²) in [5.74, 6) is -0.274. The van der Waals surface area contributed by atoms with E-state index in [9.17, 15) is 14.7 Å². The highest BCUT2D eigenvalue weighted by molar-refractivity contribution is 5.83. The van der Waals surface area contributed by atoms with Gasteiger partial charge in [-0.25, -0.2) is 14.8 Å². The highest BCUT2D eigenvalue weighted by Gasteiger charge is 2.05. The van der Waals surface area contributed by atoms with Crippen molar-refractivity contribution in [2.45, 2.75) is 0 Å². The average molecular weight is 233 g/mol. The number of aromatic nitrogens is 4. The van der Waals surface area contributed by atoms with Crippen molar-refractivity contribution in [3.8, 4) is 5.88 Å². The Hall–Kier alpha value is -2.77. The van der Waals surface area contributed by atoms with E-state index >= 15 is 0 Å². The first-order valence-electron chi connectivity index (χ1n) is 4.52. The number of rotatable bonds is 2. The minimum Gasteiger partial charge on any atom is -0.494 e. The van der Waals surface area contributed by atoms with Gasteiger partial charge in [0.05, 0.1) is 6.20 Å². The van der Waals surface area contributed by atoms with Crippen LogP contribution >= 0.6 is 0 Å². The fourth-order valence-corrected chi connectivity index (χ4v) is 1.09. The van der Waals surface area contributed by atoms with Crippen molar-refractivity contribution >= 4 is 12.0 Å². The molecule has 2 heterocycles. The highest BCUT2D eigenvalue weighted by atomic mass is 16.3. The zero-order valence-corrected chi connectivity index (χ0v) is 8.41. The molecule has 2 rings (SSSR count). The lowest BCUT2D eigenvalue weighted by Crippen LogP contribution is -2.24. The second-order valence-electron chi connectivity index (χ2n) is 2.99. The molecule has 0 aliphatic carbocycles. The van der Waals surface area contributed by atoms with Gasteiger partial charge < -0.3 is 5.11 Å². The van der Waals surface area contributed by atoms with Crippen molar-refractivity contribution in [3.05, 3.63) is 45.0 Å². The van der Waals surface area contributed by atoms with Crippen LogP contribution in [0.25, 0.3) is 0 Å². The smallest absolute Gasteiger partial charge is 0.328 e. The Bertz CT molecular complexity index is 658. The Labute approximate surface area is 93.7 Å². The maximum absolute atomic E-state index is 11.3. The summed E-state index contributed by atoms with van der Waals surface area (Å²) in [6.45, 7) is 0. The molecule has 8 heteroatoms. The first-order valence-corrected chi connectivity index (χ1v) is 4.52. The topological polar surface area (TPSA) is 124 Å². The van der Waals surface area contributed by atoms with Crippen LogP contribution in [0.3, 0.4) is 0 Å². The molecule has 0 aromatic carbocycles. The van der Waals surface area contributed by atoms with Crippen molar-refractivity contribution in [1.29, 1.82) is 0 Å². The van der Waals surface area contributed by atoms with E-state index in [0.717, 1.165) is 6.21 Å². The van der Waals surface area contributed by atoms with Gasteiger partial charge >= 0.3 is 5.69 Å². The minimum absolute atomic E-state index is 0.157. The van der Waals surface area contributed by atoms with Crippen LogP contribution in [0, 0.1) is 0 Å². The van der Waals surface area contributed by atoms with E-state index in [2.05, 4.69) is 15.0 Å². The van der Waals surface area contributed by atoms with E-state index in [4.69, 9.17) is 0 Å². The summed E-state index contributed by atoms with van der Waals surface area (Å²) in [5.41, 5.74) is -1.68. The van der Waals surface area contributed by atoms with E-state index in [-0.39, 0.29) is 11.4 Å². The quantitative estimate of drug-likeness (QED) is 0.592. The SMILES string of the molecule is O=c1[nH]c(O)c(C=Nc2cnccn2)c(=O)[nH]1. The Morgan fingerprint density at radius 1 is 1.29 bits per heavy atom. The fraction of sp³-hybridized carbons (Fsp3) is 0. The van der Waals surface area contributed by atoms with Gasteiger partial charge in [-0.1, -0.05) is 0 Å². The number of aromatic hydroxyl groups is 1. The molecule has 0 aliphatic rings. The molecule has 17 heavy (non-hydrogen) atoms. The van der Waals surface area contributed by atoms with Crippen molar-refractivity contribution in [2.24, 2.45) is 4.99 Å². The maximum atomic E-state index is 11.3. The molecule has 0 spiro atoms. The van der Waals surface area contributed by atoms with Gasteiger partial charge in [0.25, 0.3) is 5.56 Å². The molecule has 0 saturated heterocycles. The molecule has 0 aliphatic heterocycles. The van der Waals surface area contributed by atoms with E-state index < -0.39 is 17.1 Å². The standard InChI is InChI=1S/C9H7N5O3/c15-7-5(8(16)14-9(17)13-7)3-12-6-4-10-1-2-11-6/h1-4H,(H3,13,14,15,16,17). The number of hydrogen-bond acceptors (Lipinski definition) is 6. The molecular formula is C9H7N5O3. The molecule has 0 unspecified atom stereocenters. The largest absolute Gasteiger partial charge is 0.494 e. The molecular weight excluding hydrogens is 226 g/mol. The molecule has 2 aromatic rings. The molecule has 2 aromatic heterocycles. The van der Waals surface area contributed by atoms with Gasteiger partial charge in [-0.15, -0.1) is 0 Å². The van der Waals surface area contributed by atoms with Gasteiger partial charge in [0.1, 0.15) is 5.56 Å². The van der Waals surface area contributed by atoms with Crippen LogP contribution in [0.15, 0.2) is 33.2 Å². The summed E-state index contributed by atoms with van der Waals surface area (Å²) in [4.78, 5) is 37.6. The zero-order valence-electron chi connectivity index (χ0n) is 8.41. The Morgan fingerprint density at radius 3 is 2.76 bits per heavy atom. The molecule has 3 N–H and O–H groups in total. The average Bonchev–Trinajstić information content (AvgIpc) is 2.29. The normalized spacial score (nSPS) is 10.8. The summed E-state index contributed by atoms with van der Waals surface area (Å²) in [6.07, 6.45) is 5.38. The first kappa shape index (κ1) is 10.7. The van der Waals surface area contributed by atoms with Crippen LogP contribution in [0.4, 0.5) is 5.82 Å². The van der Waals surface area contributed by atoms with Crippen LogP contribution in [-0.4, -0.2) is 31.3 Å².